The lowest BCUT2D eigenvalue weighted by atomic mass is 10.1. The molecule has 18 heavy (non-hydrogen) atoms. The summed E-state index contributed by atoms with van der Waals surface area (Å²) in [5.41, 5.74) is 3.24. The molecular formula is C14H17FN2O. The average molecular weight is 248 g/mol. The van der Waals surface area contributed by atoms with Gasteiger partial charge in [-0.25, -0.2) is 4.39 Å². The summed E-state index contributed by atoms with van der Waals surface area (Å²) in [6.07, 6.45) is -1.07. The number of aryl methyl sites for hydroxylation is 1. The van der Waals surface area contributed by atoms with Crippen molar-refractivity contribution in [3.8, 4) is 0 Å². The van der Waals surface area contributed by atoms with E-state index in [-0.39, 0.29) is 0 Å². The van der Waals surface area contributed by atoms with Crippen molar-refractivity contribution in [2.75, 3.05) is 6.67 Å². The lowest BCUT2D eigenvalue weighted by Gasteiger charge is -2.08. The number of aromatic nitrogens is 2. The summed E-state index contributed by atoms with van der Waals surface area (Å²) in [7, 11) is 0. The zero-order chi connectivity index (χ0) is 13.1. The first-order valence-electron chi connectivity index (χ1n) is 5.95. The molecule has 0 radical (unpaired) electrons. The number of nitrogens with zero attached hydrogens (tertiary/aromatic N) is 2. The molecule has 2 rings (SSSR count). The molecule has 0 aliphatic carbocycles. The van der Waals surface area contributed by atoms with Crippen LogP contribution in [0.25, 0.3) is 0 Å². The van der Waals surface area contributed by atoms with Gasteiger partial charge in [-0.1, -0.05) is 30.3 Å². The van der Waals surface area contributed by atoms with E-state index in [1.807, 2.05) is 37.3 Å². The van der Waals surface area contributed by atoms with E-state index in [4.69, 9.17) is 0 Å². The number of hydrogen-bond donors (Lipinski definition) is 1. The molecule has 4 heteroatoms. The quantitative estimate of drug-likeness (QED) is 0.903. The maximum Gasteiger partial charge on any atom is 0.120 e. The smallest absolute Gasteiger partial charge is 0.120 e. The molecule has 1 atom stereocenters. The van der Waals surface area contributed by atoms with Crippen LogP contribution in [0.3, 0.4) is 0 Å². The highest BCUT2D eigenvalue weighted by Gasteiger charge is 2.18. The summed E-state index contributed by atoms with van der Waals surface area (Å²) in [6, 6.07) is 9.93. The molecule has 0 fully saturated rings. The van der Waals surface area contributed by atoms with Crippen LogP contribution in [0.4, 0.5) is 4.39 Å². The fraction of sp³-hybridized carbons (Fsp3) is 0.357. The number of aliphatic hydroxyl groups is 1. The van der Waals surface area contributed by atoms with Gasteiger partial charge in [-0.2, -0.15) is 5.10 Å². The maximum atomic E-state index is 12.6. The van der Waals surface area contributed by atoms with Crippen molar-refractivity contribution in [2.24, 2.45) is 0 Å². The van der Waals surface area contributed by atoms with Gasteiger partial charge >= 0.3 is 0 Å². The van der Waals surface area contributed by atoms with E-state index in [0.29, 0.717) is 17.8 Å². The monoisotopic (exact) mass is 248 g/mol. The van der Waals surface area contributed by atoms with Gasteiger partial charge in [-0.15, -0.1) is 0 Å². The molecule has 96 valence electrons. The fourth-order valence-corrected chi connectivity index (χ4v) is 2.18. The normalized spacial score (nSPS) is 12.7. The predicted octanol–water partition coefficient (Wildman–Crippen LogP) is 2.55. The Kier molecular flexibility index (Phi) is 3.77. The highest BCUT2D eigenvalue weighted by molar-refractivity contribution is 5.28. The Morgan fingerprint density at radius 1 is 1.28 bits per heavy atom. The Labute approximate surface area is 106 Å². The third kappa shape index (κ3) is 2.43. The molecule has 1 aromatic carbocycles. The van der Waals surface area contributed by atoms with Crippen molar-refractivity contribution in [3.05, 3.63) is 52.8 Å². The van der Waals surface area contributed by atoms with Crippen molar-refractivity contribution < 1.29 is 9.50 Å². The molecule has 0 bridgehead atoms. The number of hydrogen-bond acceptors (Lipinski definition) is 2. The van der Waals surface area contributed by atoms with Crippen LogP contribution in [0.2, 0.25) is 0 Å². The van der Waals surface area contributed by atoms with Crippen LogP contribution < -0.4 is 0 Å². The largest absolute Gasteiger partial charge is 0.386 e. The van der Waals surface area contributed by atoms with E-state index in [9.17, 15) is 9.50 Å². The van der Waals surface area contributed by atoms with Gasteiger partial charge in [0.15, 0.2) is 0 Å². The SMILES string of the molecule is Cc1nn(Cc2ccccc2)c(C)c1C(O)CF. The molecule has 0 aliphatic rings. The third-order valence-corrected chi connectivity index (χ3v) is 3.09. The number of halogens is 1. The number of alkyl halides is 1. The molecular weight excluding hydrogens is 231 g/mol. The van der Waals surface area contributed by atoms with Crippen LogP contribution in [0, 0.1) is 13.8 Å². The van der Waals surface area contributed by atoms with Crippen molar-refractivity contribution in [1.29, 1.82) is 0 Å². The average Bonchev–Trinajstić information content (AvgIpc) is 2.65. The molecule has 1 aromatic heterocycles. The highest BCUT2D eigenvalue weighted by Crippen LogP contribution is 2.22. The Morgan fingerprint density at radius 2 is 1.94 bits per heavy atom. The van der Waals surface area contributed by atoms with E-state index in [0.717, 1.165) is 11.3 Å². The van der Waals surface area contributed by atoms with Gasteiger partial charge in [0.2, 0.25) is 0 Å². The second-order valence-corrected chi connectivity index (χ2v) is 4.40. The van der Waals surface area contributed by atoms with E-state index in [1.54, 1.807) is 11.6 Å². The van der Waals surface area contributed by atoms with Gasteiger partial charge < -0.3 is 5.11 Å². The first-order valence-corrected chi connectivity index (χ1v) is 5.95. The number of rotatable bonds is 4. The van der Waals surface area contributed by atoms with Crippen molar-refractivity contribution in [1.82, 2.24) is 9.78 Å². The number of aliphatic hydroxyl groups excluding tert-OH is 1. The number of benzene rings is 1. The molecule has 0 aliphatic heterocycles. The van der Waals surface area contributed by atoms with Crippen LogP contribution in [0.15, 0.2) is 30.3 Å². The fourth-order valence-electron chi connectivity index (χ4n) is 2.18. The van der Waals surface area contributed by atoms with Gasteiger partial charge in [-0.3, -0.25) is 4.68 Å². The van der Waals surface area contributed by atoms with Gasteiger partial charge in [0.25, 0.3) is 0 Å². The van der Waals surface area contributed by atoms with Crippen LogP contribution in [-0.2, 0) is 6.54 Å². The molecule has 0 amide bonds. The van der Waals surface area contributed by atoms with Gasteiger partial charge in [0.1, 0.15) is 12.8 Å². The Hall–Kier alpha value is -1.68. The summed E-state index contributed by atoms with van der Waals surface area (Å²) in [5, 5.41) is 14.0. The molecule has 1 unspecified atom stereocenters. The molecule has 3 nitrogen and oxygen atoms in total. The predicted molar refractivity (Wildman–Crippen MR) is 68.2 cm³/mol. The highest BCUT2D eigenvalue weighted by atomic mass is 19.1. The second-order valence-electron chi connectivity index (χ2n) is 4.40. The van der Waals surface area contributed by atoms with E-state index in [1.165, 1.54) is 0 Å². The standard InChI is InChI=1S/C14H17FN2O/c1-10-14(13(18)8-15)11(2)17(16-10)9-12-6-4-3-5-7-12/h3-7,13,18H,8-9H2,1-2H3. The Morgan fingerprint density at radius 3 is 2.56 bits per heavy atom. The molecule has 2 aromatic rings. The van der Waals surface area contributed by atoms with Crippen molar-refractivity contribution in [2.45, 2.75) is 26.5 Å². The molecule has 1 heterocycles. The lowest BCUT2D eigenvalue weighted by molar-refractivity contribution is 0.140. The Balaban J connectivity index is 2.30. The van der Waals surface area contributed by atoms with Gasteiger partial charge in [0.05, 0.1) is 12.2 Å². The van der Waals surface area contributed by atoms with Gasteiger partial charge in [0, 0.05) is 11.3 Å². The summed E-state index contributed by atoms with van der Waals surface area (Å²) >= 11 is 0. The van der Waals surface area contributed by atoms with Crippen LogP contribution in [0.5, 0.6) is 0 Å². The molecule has 0 saturated heterocycles. The van der Waals surface area contributed by atoms with Crippen LogP contribution >= 0.6 is 0 Å². The first-order chi connectivity index (χ1) is 8.63. The minimum absolute atomic E-state index is 0.605. The van der Waals surface area contributed by atoms with Gasteiger partial charge in [-0.05, 0) is 19.4 Å². The minimum Gasteiger partial charge on any atom is -0.386 e. The maximum absolute atomic E-state index is 12.6. The zero-order valence-corrected chi connectivity index (χ0v) is 10.6. The molecule has 1 N–H and O–H groups in total. The van der Waals surface area contributed by atoms with Crippen molar-refractivity contribution >= 4 is 0 Å². The summed E-state index contributed by atoms with van der Waals surface area (Å²) in [6.45, 7) is 3.51. The minimum atomic E-state index is -1.07. The summed E-state index contributed by atoms with van der Waals surface area (Å²) in [5.74, 6) is 0. The Bertz CT molecular complexity index is 522. The second kappa shape index (κ2) is 5.31. The molecule has 0 spiro atoms. The third-order valence-electron chi connectivity index (χ3n) is 3.09. The van der Waals surface area contributed by atoms with Crippen LogP contribution in [0.1, 0.15) is 28.6 Å². The summed E-state index contributed by atoms with van der Waals surface area (Å²) in [4.78, 5) is 0. The van der Waals surface area contributed by atoms with E-state index < -0.39 is 12.8 Å². The molecule has 0 saturated carbocycles. The zero-order valence-electron chi connectivity index (χ0n) is 10.6. The van der Waals surface area contributed by atoms with E-state index in [2.05, 4.69) is 5.10 Å². The summed E-state index contributed by atoms with van der Waals surface area (Å²) < 4.78 is 14.4. The first kappa shape index (κ1) is 12.8. The lowest BCUT2D eigenvalue weighted by Crippen LogP contribution is -2.06. The van der Waals surface area contributed by atoms with Crippen molar-refractivity contribution in [3.63, 3.8) is 0 Å². The van der Waals surface area contributed by atoms with E-state index >= 15 is 0 Å². The topological polar surface area (TPSA) is 38.0 Å². The van der Waals surface area contributed by atoms with Crippen LogP contribution in [-0.4, -0.2) is 21.6 Å².